The number of hydrogen-bond donors (Lipinski definition) is 0. The van der Waals surface area contributed by atoms with Gasteiger partial charge >= 0.3 is 0 Å². The molecule has 1 aliphatic heterocycles. The van der Waals surface area contributed by atoms with E-state index in [1.807, 2.05) is 36.7 Å². The van der Waals surface area contributed by atoms with Crippen molar-refractivity contribution >= 4 is 0 Å². The van der Waals surface area contributed by atoms with Crippen LogP contribution in [0.2, 0.25) is 0 Å². The predicted octanol–water partition coefficient (Wildman–Crippen LogP) is 4.54. The van der Waals surface area contributed by atoms with Crippen LogP contribution in [0.3, 0.4) is 0 Å². The van der Waals surface area contributed by atoms with Crippen molar-refractivity contribution in [2.45, 2.75) is 31.8 Å². The minimum atomic E-state index is -0.167. The molecule has 0 bridgehead atoms. The standard InChI is InChI=1S/C22H22FN3/c23-20-7-2-1-5-18(20)15-19-6-3-8-21(25-19)22-9-4-14-26(22)16-17-10-12-24-13-11-17/h1-3,5-8,10-13,22H,4,9,14-16H2/t22-/m0/s1. The first-order chi connectivity index (χ1) is 12.8. The summed E-state index contributed by atoms with van der Waals surface area (Å²) in [5.74, 6) is -0.167. The molecule has 1 atom stereocenters. The normalized spacial score (nSPS) is 17.5. The number of pyridine rings is 2. The van der Waals surface area contributed by atoms with Gasteiger partial charge in [0, 0.05) is 31.1 Å². The monoisotopic (exact) mass is 347 g/mol. The smallest absolute Gasteiger partial charge is 0.126 e. The van der Waals surface area contributed by atoms with Crippen molar-refractivity contribution in [1.29, 1.82) is 0 Å². The Bertz CT molecular complexity index is 866. The zero-order valence-electron chi connectivity index (χ0n) is 14.7. The summed E-state index contributed by atoms with van der Waals surface area (Å²) >= 11 is 0. The predicted molar refractivity (Wildman–Crippen MR) is 100 cm³/mol. The molecule has 2 aromatic heterocycles. The Hall–Kier alpha value is -2.59. The number of likely N-dealkylation sites (tertiary alicyclic amines) is 1. The zero-order valence-corrected chi connectivity index (χ0v) is 14.7. The van der Waals surface area contributed by atoms with E-state index >= 15 is 0 Å². The highest BCUT2D eigenvalue weighted by Crippen LogP contribution is 2.32. The molecule has 0 unspecified atom stereocenters. The van der Waals surface area contributed by atoms with E-state index in [4.69, 9.17) is 4.98 Å². The van der Waals surface area contributed by atoms with Gasteiger partial charge in [-0.1, -0.05) is 24.3 Å². The summed E-state index contributed by atoms with van der Waals surface area (Å²) in [5.41, 5.74) is 3.97. The lowest BCUT2D eigenvalue weighted by Crippen LogP contribution is -2.23. The van der Waals surface area contributed by atoms with Crippen molar-refractivity contribution < 1.29 is 4.39 Å². The van der Waals surface area contributed by atoms with E-state index in [1.165, 1.54) is 18.1 Å². The maximum absolute atomic E-state index is 13.9. The maximum atomic E-state index is 13.9. The van der Waals surface area contributed by atoms with E-state index in [1.54, 1.807) is 6.07 Å². The van der Waals surface area contributed by atoms with Gasteiger partial charge in [0.2, 0.25) is 0 Å². The maximum Gasteiger partial charge on any atom is 0.126 e. The second kappa shape index (κ2) is 7.75. The van der Waals surface area contributed by atoms with Crippen molar-refractivity contribution in [2.75, 3.05) is 6.54 Å². The summed E-state index contributed by atoms with van der Waals surface area (Å²) < 4.78 is 13.9. The van der Waals surface area contributed by atoms with Crippen LogP contribution in [0.4, 0.5) is 4.39 Å². The molecule has 0 N–H and O–H groups in total. The molecule has 132 valence electrons. The van der Waals surface area contributed by atoms with Crippen LogP contribution < -0.4 is 0 Å². The van der Waals surface area contributed by atoms with Gasteiger partial charge in [-0.15, -0.1) is 0 Å². The Morgan fingerprint density at radius 3 is 2.69 bits per heavy atom. The van der Waals surface area contributed by atoms with Crippen molar-refractivity contribution in [3.05, 3.63) is 95.3 Å². The topological polar surface area (TPSA) is 29.0 Å². The molecule has 1 aromatic carbocycles. The van der Waals surface area contributed by atoms with Crippen LogP contribution in [0.15, 0.2) is 67.0 Å². The van der Waals surface area contributed by atoms with E-state index in [-0.39, 0.29) is 5.82 Å². The first-order valence-electron chi connectivity index (χ1n) is 9.12. The third kappa shape index (κ3) is 3.81. The van der Waals surface area contributed by atoms with Crippen molar-refractivity contribution in [1.82, 2.24) is 14.9 Å². The molecule has 0 aliphatic carbocycles. The van der Waals surface area contributed by atoms with Crippen molar-refractivity contribution in [2.24, 2.45) is 0 Å². The second-order valence-electron chi connectivity index (χ2n) is 6.81. The van der Waals surface area contributed by atoms with Crippen LogP contribution in [0, 0.1) is 5.82 Å². The van der Waals surface area contributed by atoms with Gasteiger partial charge in [-0.05, 0) is 60.8 Å². The average Bonchev–Trinajstić information content (AvgIpc) is 3.13. The number of benzene rings is 1. The third-order valence-electron chi connectivity index (χ3n) is 5.00. The number of hydrogen-bond acceptors (Lipinski definition) is 3. The molecule has 0 radical (unpaired) electrons. The molecule has 4 heteroatoms. The molecule has 26 heavy (non-hydrogen) atoms. The Morgan fingerprint density at radius 1 is 1.00 bits per heavy atom. The van der Waals surface area contributed by atoms with Crippen molar-refractivity contribution in [3.63, 3.8) is 0 Å². The molecule has 1 aliphatic rings. The summed E-state index contributed by atoms with van der Waals surface area (Å²) in [7, 11) is 0. The lowest BCUT2D eigenvalue weighted by molar-refractivity contribution is 0.244. The Kier molecular flexibility index (Phi) is 5.02. The van der Waals surface area contributed by atoms with Gasteiger partial charge in [-0.3, -0.25) is 14.9 Å². The number of aromatic nitrogens is 2. The molecule has 3 nitrogen and oxygen atoms in total. The highest BCUT2D eigenvalue weighted by atomic mass is 19.1. The second-order valence-corrected chi connectivity index (χ2v) is 6.81. The van der Waals surface area contributed by atoms with Gasteiger partial charge in [0.1, 0.15) is 5.82 Å². The van der Waals surface area contributed by atoms with Gasteiger partial charge in [0.15, 0.2) is 0 Å². The summed E-state index contributed by atoms with van der Waals surface area (Å²) in [6.07, 6.45) is 6.50. The summed E-state index contributed by atoms with van der Waals surface area (Å²) in [6, 6.07) is 17.5. The molecule has 4 rings (SSSR count). The van der Waals surface area contributed by atoms with Gasteiger partial charge in [-0.2, -0.15) is 0 Å². The van der Waals surface area contributed by atoms with Crippen molar-refractivity contribution in [3.8, 4) is 0 Å². The fourth-order valence-corrected chi connectivity index (χ4v) is 3.69. The molecule has 3 aromatic rings. The average molecular weight is 347 g/mol. The van der Waals surface area contributed by atoms with Gasteiger partial charge < -0.3 is 0 Å². The number of nitrogens with zero attached hydrogens (tertiary/aromatic N) is 3. The fourth-order valence-electron chi connectivity index (χ4n) is 3.69. The Balaban J connectivity index is 1.53. The van der Waals surface area contributed by atoms with E-state index in [2.05, 4.69) is 28.1 Å². The molecule has 1 saturated heterocycles. The highest BCUT2D eigenvalue weighted by Gasteiger charge is 2.27. The van der Waals surface area contributed by atoms with E-state index < -0.39 is 0 Å². The van der Waals surface area contributed by atoms with Crippen LogP contribution in [0.5, 0.6) is 0 Å². The first kappa shape index (κ1) is 16.9. The summed E-state index contributed by atoms with van der Waals surface area (Å²) in [5, 5.41) is 0. The quantitative estimate of drug-likeness (QED) is 0.678. The summed E-state index contributed by atoms with van der Waals surface area (Å²) in [4.78, 5) is 11.4. The fraction of sp³-hybridized carbons (Fsp3) is 0.273. The molecular weight excluding hydrogens is 325 g/mol. The van der Waals surface area contributed by atoms with Crippen LogP contribution >= 0.6 is 0 Å². The molecule has 0 amide bonds. The molecule has 0 spiro atoms. The van der Waals surface area contributed by atoms with Gasteiger partial charge in [-0.25, -0.2) is 4.39 Å². The van der Waals surface area contributed by atoms with Crippen LogP contribution in [-0.2, 0) is 13.0 Å². The van der Waals surface area contributed by atoms with Crippen LogP contribution in [-0.4, -0.2) is 21.4 Å². The molecule has 0 saturated carbocycles. The third-order valence-corrected chi connectivity index (χ3v) is 5.00. The van der Waals surface area contributed by atoms with E-state index in [9.17, 15) is 4.39 Å². The Morgan fingerprint density at radius 2 is 1.85 bits per heavy atom. The zero-order chi connectivity index (χ0) is 17.8. The van der Waals surface area contributed by atoms with Gasteiger partial charge in [0.05, 0.1) is 11.7 Å². The van der Waals surface area contributed by atoms with Crippen LogP contribution in [0.25, 0.3) is 0 Å². The van der Waals surface area contributed by atoms with Gasteiger partial charge in [0.25, 0.3) is 0 Å². The lowest BCUT2D eigenvalue weighted by Gasteiger charge is -2.24. The Labute approximate surface area is 153 Å². The first-order valence-corrected chi connectivity index (χ1v) is 9.12. The number of rotatable bonds is 5. The minimum Gasteiger partial charge on any atom is -0.291 e. The number of halogens is 1. The minimum absolute atomic E-state index is 0.167. The molecular formula is C22H22FN3. The van der Waals surface area contributed by atoms with Crippen LogP contribution in [0.1, 0.15) is 41.4 Å². The highest BCUT2D eigenvalue weighted by molar-refractivity contribution is 5.25. The largest absolute Gasteiger partial charge is 0.291 e. The lowest BCUT2D eigenvalue weighted by atomic mass is 10.1. The summed E-state index contributed by atoms with van der Waals surface area (Å²) in [6.45, 7) is 1.98. The van der Waals surface area contributed by atoms with E-state index in [0.717, 1.165) is 30.9 Å². The SMILES string of the molecule is Fc1ccccc1Cc1cccc([C@@H]2CCCN2Cc2ccncc2)n1. The molecule has 1 fully saturated rings. The molecule has 3 heterocycles. The van der Waals surface area contributed by atoms with E-state index in [0.29, 0.717) is 18.0 Å².